The molecule has 0 aromatic rings. The van der Waals surface area contributed by atoms with Gasteiger partial charge in [-0.15, -0.1) is 0 Å². The highest BCUT2D eigenvalue weighted by Crippen LogP contribution is 2.31. The molecule has 0 radical (unpaired) electrons. The number of rotatable bonds is 2. The molecule has 0 aromatic carbocycles. The minimum atomic E-state index is -0.865. The maximum Gasteiger partial charge on any atom is 0.320 e. The van der Waals surface area contributed by atoms with Crippen molar-refractivity contribution in [3.8, 4) is 0 Å². The fraction of sp³-hybridized carbons (Fsp3) is 0.769. The highest BCUT2D eigenvalue weighted by Gasteiger charge is 2.44. The Kier molecular flexibility index (Phi) is 3.62. The van der Waals surface area contributed by atoms with Crippen molar-refractivity contribution in [3.63, 3.8) is 0 Å². The Bertz CT molecular complexity index is 449. The van der Waals surface area contributed by atoms with Gasteiger partial charge in [0.1, 0.15) is 0 Å². The van der Waals surface area contributed by atoms with Gasteiger partial charge in [0.2, 0.25) is 5.91 Å². The molecular formula is C13H21N3O4. The number of carbonyl (C=O) groups excluding carboxylic acids is 2. The first-order valence-corrected chi connectivity index (χ1v) is 6.81. The number of carbonyl (C=O) groups is 3. The Labute approximate surface area is 117 Å². The quantitative estimate of drug-likeness (QED) is 0.741. The second kappa shape index (κ2) is 4.96. The molecule has 0 aromatic heterocycles. The third-order valence-corrected chi connectivity index (χ3v) is 4.54. The molecule has 20 heavy (non-hydrogen) atoms. The standard InChI is InChI=1S/C13H21N3O4/c1-8-5-16(6-9(8)10(17)18)12(20)15-4-3-13(2,7-15)11(14)19/h8-9H,3-7H2,1-2H3,(H2,14,19)(H,17,18)/t8-,9-,13?/m1/s1. The van der Waals surface area contributed by atoms with Crippen LogP contribution in [0.1, 0.15) is 20.3 Å². The minimum absolute atomic E-state index is 0.0541. The van der Waals surface area contributed by atoms with E-state index in [0.717, 1.165) is 0 Å². The van der Waals surface area contributed by atoms with E-state index in [1.54, 1.807) is 16.7 Å². The Morgan fingerprint density at radius 1 is 1.25 bits per heavy atom. The van der Waals surface area contributed by atoms with Gasteiger partial charge in [-0.3, -0.25) is 9.59 Å². The first kappa shape index (κ1) is 14.6. The van der Waals surface area contributed by atoms with Gasteiger partial charge in [0.15, 0.2) is 0 Å². The number of urea groups is 1. The molecule has 2 aliphatic rings. The van der Waals surface area contributed by atoms with Crippen LogP contribution in [0, 0.1) is 17.3 Å². The summed E-state index contributed by atoms with van der Waals surface area (Å²) < 4.78 is 0. The predicted molar refractivity (Wildman–Crippen MR) is 70.8 cm³/mol. The summed E-state index contributed by atoms with van der Waals surface area (Å²) in [6.07, 6.45) is 0.555. The zero-order chi connectivity index (χ0) is 15.1. The number of likely N-dealkylation sites (tertiary alicyclic amines) is 2. The number of hydrogen-bond acceptors (Lipinski definition) is 3. The minimum Gasteiger partial charge on any atom is -0.481 e. The summed E-state index contributed by atoms with van der Waals surface area (Å²) in [5.74, 6) is -1.83. The van der Waals surface area contributed by atoms with E-state index < -0.39 is 23.2 Å². The van der Waals surface area contributed by atoms with Crippen LogP contribution in [-0.4, -0.2) is 59.0 Å². The van der Waals surface area contributed by atoms with Gasteiger partial charge in [-0.25, -0.2) is 4.79 Å². The number of nitrogens with two attached hydrogens (primary N) is 1. The number of amides is 3. The number of carboxylic acids is 1. The Hall–Kier alpha value is -1.79. The van der Waals surface area contributed by atoms with Crippen LogP contribution >= 0.6 is 0 Å². The van der Waals surface area contributed by atoms with Crippen LogP contribution in [0.15, 0.2) is 0 Å². The van der Waals surface area contributed by atoms with Crippen LogP contribution in [0.25, 0.3) is 0 Å². The highest BCUT2D eigenvalue weighted by molar-refractivity contribution is 5.83. The highest BCUT2D eigenvalue weighted by atomic mass is 16.4. The molecular weight excluding hydrogens is 262 g/mol. The normalized spacial score (nSPS) is 33.5. The summed E-state index contributed by atoms with van der Waals surface area (Å²) in [5, 5.41) is 9.09. The van der Waals surface area contributed by atoms with E-state index in [9.17, 15) is 14.4 Å². The van der Waals surface area contributed by atoms with Crippen molar-refractivity contribution in [2.75, 3.05) is 26.2 Å². The predicted octanol–water partition coefficient (Wildman–Crippen LogP) is -0.0438. The number of aliphatic carboxylic acids is 1. The zero-order valence-corrected chi connectivity index (χ0v) is 11.8. The maximum absolute atomic E-state index is 12.4. The summed E-state index contributed by atoms with van der Waals surface area (Å²) >= 11 is 0. The second-order valence-corrected chi connectivity index (χ2v) is 6.21. The molecule has 2 aliphatic heterocycles. The average Bonchev–Trinajstić information content (AvgIpc) is 2.93. The molecule has 0 aliphatic carbocycles. The molecule has 0 saturated carbocycles. The maximum atomic E-state index is 12.4. The SMILES string of the molecule is C[C@@H]1CN(C(=O)N2CCC(C)(C(N)=O)C2)C[C@H]1C(=O)O. The largest absolute Gasteiger partial charge is 0.481 e. The summed E-state index contributed by atoms with van der Waals surface area (Å²) in [7, 11) is 0. The smallest absolute Gasteiger partial charge is 0.320 e. The molecule has 3 N–H and O–H groups in total. The van der Waals surface area contributed by atoms with Crippen LogP contribution in [0.5, 0.6) is 0 Å². The Balaban J connectivity index is 2.00. The molecule has 3 amide bonds. The lowest BCUT2D eigenvalue weighted by molar-refractivity contribution is -0.142. The molecule has 2 rings (SSSR count). The van der Waals surface area contributed by atoms with E-state index in [0.29, 0.717) is 26.1 Å². The molecule has 112 valence electrons. The first-order valence-electron chi connectivity index (χ1n) is 6.81. The van der Waals surface area contributed by atoms with Crippen molar-refractivity contribution >= 4 is 17.9 Å². The fourth-order valence-electron chi connectivity index (χ4n) is 2.97. The molecule has 7 nitrogen and oxygen atoms in total. The third kappa shape index (κ3) is 2.44. The fourth-order valence-corrected chi connectivity index (χ4v) is 2.97. The lowest BCUT2D eigenvalue weighted by atomic mass is 9.89. The van der Waals surface area contributed by atoms with Crippen molar-refractivity contribution < 1.29 is 19.5 Å². The Morgan fingerprint density at radius 3 is 2.35 bits per heavy atom. The van der Waals surface area contributed by atoms with Gasteiger partial charge in [-0.05, 0) is 19.3 Å². The van der Waals surface area contributed by atoms with Crippen LogP contribution in [0.2, 0.25) is 0 Å². The van der Waals surface area contributed by atoms with Crippen molar-refractivity contribution in [2.45, 2.75) is 20.3 Å². The van der Waals surface area contributed by atoms with E-state index >= 15 is 0 Å². The van der Waals surface area contributed by atoms with Crippen LogP contribution < -0.4 is 5.73 Å². The Morgan fingerprint density at radius 2 is 1.90 bits per heavy atom. The summed E-state index contributed by atoms with van der Waals surface area (Å²) in [5.41, 5.74) is 4.69. The number of nitrogens with zero attached hydrogens (tertiary/aromatic N) is 2. The number of carboxylic acid groups (broad SMARTS) is 1. The molecule has 0 bridgehead atoms. The van der Waals surface area contributed by atoms with E-state index in [1.807, 2.05) is 6.92 Å². The molecule has 7 heteroatoms. The van der Waals surface area contributed by atoms with E-state index in [4.69, 9.17) is 10.8 Å². The van der Waals surface area contributed by atoms with E-state index in [-0.39, 0.29) is 18.5 Å². The van der Waals surface area contributed by atoms with Gasteiger partial charge >= 0.3 is 12.0 Å². The zero-order valence-electron chi connectivity index (χ0n) is 11.8. The molecule has 1 unspecified atom stereocenters. The lowest BCUT2D eigenvalue weighted by Gasteiger charge is -2.26. The number of primary amides is 1. The van der Waals surface area contributed by atoms with Gasteiger partial charge in [0, 0.05) is 26.2 Å². The molecule has 2 saturated heterocycles. The molecule has 2 heterocycles. The van der Waals surface area contributed by atoms with Gasteiger partial charge < -0.3 is 20.6 Å². The first-order chi connectivity index (χ1) is 9.24. The van der Waals surface area contributed by atoms with Crippen molar-refractivity contribution in [2.24, 2.45) is 23.0 Å². The number of hydrogen-bond donors (Lipinski definition) is 2. The molecule has 3 atom stereocenters. The van der Waals surface area contributed by atoms with Gasteiger partial charge in [-0.2, -0.15) is 0 Å². The van der Waals surface area contributed by atoms with E-state index in [1.165, 1.54) is 0 Å². The monoisotopic (exact) mass is 283 g/mol. The van der Waals surface area contributed by atoms with Gasteiger partial charge in [0.25, 0.3) is 0 Å². The summed E-state index contributed by atoms with van der Waals surface area (Å²) in [6, 6.07) is -0.189. The molecule has 0 spiro atoms. The van der Waals surface area contributed by atoms with Crippen LogP contribution in [0.4, 0.5) is 4.79 Å². The summed E-state index contributed by atoms with van der Waals surface area (Å²) in [6.45, 7) is 5.07. The van der Waals surface area contributed by atoms with Gasteiger partial charge in [-0.1, -0.05) is 6.92 Å². The van der Waals surface area contributed by atoms with Crippen molar-refractivity contribution in [1.29, 1.82) is 0 Å². The average molecular weight is 283 g/mol. The van der Waals surface area contributed by atoms with Gasteiger partial charge in [0.05, 0.1) is 11.3 Å². The van der Waals surface area contributed by atoms with E-state index in [2.05, 4.69) is 0 Å². The molecule has 2 fully saturated rings. The summed E-state index contributed by atoms with van der Waals surface area (Å²) in [4.78, 5) is 38.0. The van der Waals surface area contributed by atoms with Crippen LogP contribution in [0.3, 0.4) is 0 Å². The third-order valence-electron chi connectivity index (χ3n) is 4.54. The lowest BCUT2D eigenvalue weighted by Crippen LogP contribution is -2.44. The van der Waals surface area contributed by atoms with Crippen molar-refractivity contribution in [1.82, 2.24) is 9.80 Å². The second-order valence-electron chi connectivity index (χ2n) is 6.21. The topological polar surface area (TPSA) is 104 Å². The van der Waals surface area contributed by atoms with Crippen molar-refractivity contribution in [3.05, 3.63) is 0 Å². The van der Waals surface area contributed by atoms with Crippen LogP contribution in [-0.2, 0) is 9.59 Å².